The molecule has 8 heteroatoms. The first-order valence-electron chi connectivity index (χ1n) is 7.37. The van der Waals surface area contributed by atoms with Crippen molar-refractivity contribution in [3.05, 3.63) is 34.3 Å². The van der Waals surface area contributed by atoms with Crippen molar-refractivity contribution in [2.45, 2.75) is 18.9 Å². The number of amides is 2. The van der Waals surface area contributed by atoms with Crippen molar-refractivity contribution in [1.29, 1.82) is 0 Å². The topological polar surface area (TPSA) is 84.5 Å². The number of esters is 1. The molecule has 1 rings (SSSR count). The molecule has 0 aliphatic heterocycles. The Morgan fingerprint density at radius 1 is 1.25 bits per heavy atom. The molecular formula is C16H21BrN2O4S. The predicted molar refractivity (Wildman–Crippen MR) is 98.0 cm³/mol. The summed E-state index contributed by atoms with van der Waals surface area (Å²) in [6, 6.07) is 6.27. The van der Waals surface area contributed by atoms with Gasteiger partial charge in [0.05, 0.1) is 7.11 Å². The molecule has 0 unspecified atom stereocenters. The molecule has 2 amide bonds. The number of hydrogen-bond donors (Lipinski definition) is 2. The van der Waals surface area contributed by atoms with Gasteiger partial charge in [0.1, 0.15) is 6.04 Å². The fraction of sp³-hybridized carbons (Fsp3) is 0.438. The summed E-state index contributed by atoms with van der Waals surface area (Å²) in [6.07, 6.45) is 2.52. The minimum absolute atomic E-state index is 0.0923. The Labute approximate surface area is 154 Å². The lowest BCUT2D eigenvalue weighted by Crippen LogP contribution is -2.43. The Bertz CT molecular complexity index is 566. The molecule has 0 spiro atoms. The predicted octanol–water partition coefficient (Wildman–Crippen LogP) is 1.98. The van der Waals surface area contributed by atoms with Crippen molar-refractivity contribution in [3.8, 4) is 0 Å². The molecule has 0 heterocycles. The van der Waals surface area contributed by atoms with Crippen molar-refractivity contribution in [1.82, 2.24) is 10.6 Å². The smallest absolute Gasteiger partial charge is 0.328 e. The summed E-state index contributed by atoms with van der Waals surface area (Å²) in [4.78, 5) is 35.5. The number of methoxy groups -OCH3 is 1. The zero-order valence-corrected chi connectivity index (χ0v) is 16.0. The van der Waals surface area contributed by atoms with E-state index in [0.717, 1.165) is 10.2 Å². The van der Waals surface area contributed by atoms with Crippen LogP contribution in [-0.2, 0) is 14.3 Å². The molecule has 1 atom stereocenters. The van der Waals surface area contributed by atoms with Crippen LogP contribution in [0.5, 0.6) is 0 Å². The summed E-state index contributed by atoms with van der Waals surface area (Å²) in [6.45, 7) is 0.192. The molecule has 2 N–H and O–H groups in total. The van der Waals surface area contributed by atoms with Gasteiger partial charge in [0, 0.05) is 23.0 Å². The molecule has 24 heavy (non-hydrogen) atoms. The number of hydrogen-bond acceptors (Lipinski definition) is 5. The zero-order chi connectivity index (χ0) is 17.9. The van der Waals surface area contributed by atoms with E-state index in [-0.39, 0.29) is 24.8 Å². The minimum atomic E-state index is -0.655. The summed E-state index contributed by atoms with van der Waals surface area (Å²) >= 11 is 4.89. The Morgan fingerprint density at radius 2 is 1.92 bits per heavy atom. The van der Waals surface area contributed by atoms with Crippen LogP contribution in [0.25, 0.3) is 0 Å². The molecule has 0 radical (unpaired) electrons. The second kappa shape index (κ2) is 11.1. The zero-order valence-electron chi connectivity index (χ0n) is 13.6. The van der Waals surface area contributed by atoms with Crippen LogP contribution in [0.1, 0.15) is 23.2 Å². The van der Waals surface area contributed by atoms with Crippen LogP contribution >= 0.6 is 27.7 Å². The molecule has 0 saturated carbocycles. The molecule has 0 fully saturated rings. The quantitative estimate of drug-likeness (QED) is 0.601. The van der Waals surface area contributed by atoms with Crippen molar-refractivity contribution in [2.24, 2.45) is 0 Å². The highest BCUT2D eigenvalue weighted by atomic mass is 79.9. The Kier molecular flexibility index (Phi) is 9.48. The van der Waals surface area contributed by atoms with E-state index >= 15 is 0 Å². The van der Waals surface area contributed by atoms with Crippen molar-refractivity contribution < 1.29 is 19.1 Å². The Balaban J connectivity index is 2.39. The van der Waals surface area contributed by atoms with Crippen LogP contribution < -0.4 is 10.6 Å². The second-order valence-corrected chi connectivity index (χ2v) is 6.84. The number of thioether (sulfide) groups is 1. The molecule has 1 aromatic carbocycles. The lowest BCUT2D eigenvalue weighted by molar-refractivity contribution is -0.145. The fourth-order valence-electron chi connectivity index (χ4n) is 1.89. The number of nitrogens with one attached hydrogen (secondary N) is 2. The number of carbonyl (C=O) groups excluding carboxylic acids is 3. The van der Waals surface area contributed by atoms with Gasteiger partial charge in [0.2, 0.25) is 5.91 Å². The number of benzene rings is 1. The van der Waals surface area contributed by atoms with Crippen molar-refractivity contribution in [3.63, 3.8) is 0 Å². The highest BCUT2D eigenvalue weighted by molar-refractivity contribution is 9.10. The van der Waals surface area contributed by atoms with Gasteiger partial charge in [-0.25, -0.2) is 4.79 Å². The number of rotatable bonds is 9. The van der Waals surface area contributed by atoms with E-state index in [1.54, 1.807) is 36.0 Å². The van der Waals surface area contributed by atoms with E-state index in [2.05, 4.69) is 31.3 Å². The standard InChI is InChI=1S/C16H21BrN2O4S/c1-23-16(22)13(8-10-24-2)19-14(20)7-9-18-15(21)11-3-5-12(17)6-4-11/h3-6,13H,7-10H2,1-2H3,(H,18,21)(H,19,20)/t13-/m0/s1. The van der Waals surface area contributed by atoms with Crippen LogP contribution in [0.15, 0.2) is 28.7 Å². The number of ether oxygens (including phenoxy) is 1. The molecule has 0 bridgehead atoms. The summed E-state index contributed by atoms with van der Waals surface area (Å²) in [5, 5.41) is 5.31. The third kappa shape index (κ3) is 7.35. The molecule has 0 aliphatic carbocycles. The van der Waals surface area contributed by atoms with E-state index < -0.39 is 12.0 Å². The van der Waals surface area contributed by atoms with Gasteiger partial charge < -0.3 is 15.4 Å². The highest BCUT2D eigenvalue weighted by Crippen LogP contribution is 2.10. The molecule has 0 aliphatic rings. The fourth-order valence-corrected chi connectivity index (χ4v) is 2.62. The van der Waals surface area contributed by atoms with Crippen LogP contribution in [0.3, 0.4) is 0 Å². The maximum absolute atomic E-state index is 11.9. The third-order valence-corrected chi connectivity index (χ3v) is 4.35. The molecule has 0 aromatic heterocycles. The summed E-state index contributed by atoms with van der Waals surface area (Å²) in [7, 11) is 1.29. The average molecular weight is 417 g/mol. The van der Waals surface area contributed by atoms with E-state index in [1.165, 1.54) is 7.11 Å². The molecular weight excluding hydrogens is 396 g/mol. The van der Waals surface area contributed by atoms with Crippen molar-refractivity contribution in [2.75, 3.05) is 25.7 Å². The van der Waals surface area contributed by atoms with Crippen LogP contribution in [0.2, 0.25) is 0 Å². The van der Waals surface area contributed by atoms with E-state index in [4.69, 9.17) is 0 Å². The highest BCUT2D eigenvalue weighted by Gasteiger charge is 2.20. The Hall–Kier alpha value is -1.54. The summed E-state index contributed by atoms with van der Waals surface area (Å²) < 4.78 is 5.57. The molecule has 6 nitrogen and oxygen atoms in total. The minimum Gasteiger partial charge on any atom is -0.467 e. The summed E-state index contributed by atoms with van der Waals surface area (Å²) in [5.41, 5.74) is 0.519. The lowest BCUT2D eigenvalue weighted by Gasteiger charge is -2.16. The number of carbonyl (C=O) groups is 3. The van der Waals surface area contributed by atoms with Crippen LogP contribution in [0, 0.1) is 0 Å². The normalized spacial score (nSPS) is 11.5. The van der Waals surface area contributed by atoms with Gasteiger partial charge in [-0.3, -0.25) is 9.59 Å². The van der Waals surface area contributed by atoms with E-state index in [0.29, 0.717) is 12.0 Å². The monoisotopic (exact) mass is 416 g/mol. The second-order valence-electron chi connectivity index (χ2n) is 4.94. The largest absolute Gasteiger partial charge is 0.467 e. The van der Waals surface area contributed by atoms with Gasteiger partial charge in [-0.2, -0.15) is 11.8 Å². The van der Waals surface area contributed by atoms with E-state index in [1.807, 2.05) is 6.26 Å². The average Bonchev–Trinajstić information content (AvgIpc) is 2.58. The molecule has 132 valence electrons. The van der Waals surface area contributed by atoms with Gasteiger partial charge in [0.25, 0.3) is 5.91 Å². The van der Waals surface area contributed by atoms with E-state index in [9.17, 15) is 14.4 Å². The maximum atomic E-state index is 11.9. The Morgan fingerprint density at radius 3 is 2.50 bits per heavy atom. The molecule has 0 saturated heterocycles. The van der Waals surface area contributed by atoms with Crippen molar-refractivity contribution >= 4 is 45.5 Å². The number of halogens is 1. The lowest BCUT2D eigenvalue weighted by atomic mass is 10.2. The van der Waals surface area contributed by atoms with Gasteiger partial charge in [-0.05, 0) is 42.7 Å². The third-order valence-electron chi connectivity index (χ3n) is 3.18. The van der Waals surface area contributed by atoms with Gasteiger partial charge >= 0.3 is 5.97 Å². The first-order valence-corrected chi connectivity index (χ1v) is 9.56. The molecule has 1 aromatic rings. The summed E-state index contributed by atoms with van der Waals surface area (Å²) in [5.74, 6) is -0.276. The van der Waals surface area contributed by atoms with Gasteiger partial charge in [-0.15, -0.1) is 0 Å². The van der Waals surface area contributed by atoms with Crippen LogP contribution in [-0.4, -0.2) is 49.5 Å². The van der Waals surface area contributed by atoms with Crippen LogP contribution in [0.4, 0.5) is 0 Å². The first kappa shape index (κ1) is 20.5. The first-order chi connectivity index (χ1) is 11.5. The SMILES string of the molecule is COC(=O)[C@H](CCSC)NC(=O)CCNC(=O)c1ccc(Br)cc1. The van der Waals surface area contributed by atoms with Gasteiger partial charge in [-0.1, -0.05) is 15.9 Å². The maximum Gasteiger partial charge on any atom is 0.328 e. The van der Waals surface area contributed by atoms with Gasteiger partial charge in [0.15, 0.2) is 0 Å².